The van der Waals surface area contributed by atoms with Gasteiger partial charge < -0.3 is 15.2 Å². The molecule has 0 bridgehead atoms. The fraction of sp³-hybridized carbons (Fsp3) is 0.200. The van der Waals surface area contributed by atoms with Crippen LogP contribution in [0.25, 0.3) is 22.2 Å². The molecular weight excluding hydrogens is 338 g/mol. The van der Waals surface area contributed by atoms with Crippen LogP contribution in [-0.4, -0.2) is 31.6 Å². The molecule has 4 rings (SSSR count). The number of hydrogen-bond acceptors (Lipinski definition) is 6. The number of nitrogens with one attached hydrogen (secondary N) is 2. The Bertz CT molecular complexity index is 1080. The van der Waals surface area contributed by atoms with E-state index in [1.54, 1.807) is 12.5 Å². The maximum absolute atomic E-state index is 4.48. The lowest BCUT2D eigenvalue weighted by Crippen LogP contribution is -1.99. The summed E-state index contributed by atoms with van der Waals surface area (Å²) >= 11 is 0. The lowest BCUT2D eigenvalue weighted by Gasteiger charge is -2.13. The summed E-state index contributed by atoms with van der Waals surface area (Å²) < 4.78 is 1.99. The number of anilines is 3. The minimum absolute atomic E-state index is 0.615. The Morgan fingerprint density at radius 3 is 2.52 bits per heavy atom. The van der Waals surface area contributed by atoms with E-state index in [0.717, 1.165) is 40.1 Å². The van der Waals surface area contributed by atoms with Gasteiger partial charge in [-0.1, -0.05) is 13.0 Å². The zero-order valence-corrected chi connectivity index (χ0v) is 15.6. The first kappa shape index (κ1) is 17.0. The molecule has 0 saturated carbocycles. The molecule has 0 saturated heterocycles. The Kier molecular flexibility index (Phi) is 4.42. The van der Waals surface area contributed by atoms with Crippen molar-refractivity contribution in [3.63, 3.8) is 0 Å². The van der Waals surface area contributed by atoms with Gasteiger partial charge in [-0.3, -0.25) is 0 Å². The van der Waals surface area contributed by atoms with Gasteiger partial charge in [0.15, 0.2) is 0 Å². The van der Waals surface area contributed by atoms with Gasteiger partial charge >= 0.3 is 0 Å². The van der Waals surface area contributed by atoms with Gasteiger partial charge in [-0.2, -0.15) is 0 Å². The van der Waals surface area contributed by atoms with Crippen LogP contribution in [0.4, 0.5) is 17.5 Å². The Morgan fingerprint density at radius 2 is 1.78 bits per heavy atom. The highest BCUT2D eigenvalue weighted by Crippen LogP contribution is 2.28. The smallest absolute Gasteiger partial charge is 0.222 e. The van der Waals surface area contributed by atoms with Gasteiger partial charge in [-0.25, -0.2) is 19.9 Å². The first-order chi connectivity index (χ1) is 13.2. The van der Waals surface area contributed by atoms with Crippen molar-refractivity contribution in [2.24, 2.45) is 7.05 Å². The summed E-state index contributed by atoms with van der Waals surface area (Å²) in [5.74, 6) is 1.42. The molecule has 0 fully saturated rings. The molecule has 7 heteroatoms. The second-order valence-corrected chi connectivity index (χ2v) is 6.31. The quantitative estimate of drug-likeness (QED) is 0.564. The molecule has 2 N–H and O–H groups in total. The highest BCUT2D eigenvalue weighted by atomic mass is 15.1. The van der Waals surface area contributed by atoms with E-state index < -0.39 is 0 Å². The molecule has 3 aromatic heterocycles. The summed E-state index contributed by atoms with van der Waals surface area (Å²) in [5.41, 5.74) is 6.27. The second kappa shape index (κ2) is 7.03. The SMILES string of the molecule is CCc1cc(-c2cnc(NC)nc2)ccc1Nc1cc2c(cn1)ncn2C. The molecular formula is C20H21N7. The summed E-state index contributed by atoms with van der Waals surface area (Å²) in [6.45, 7) is 2.14. The molecule has 0 radical (unpaired) electrons. The van der Waals surface area contributed by atoms with Crippen molar-refractivity contribution in [2.45, 2.75) is 13.3 Å². The van der Waals surface area contributed by atoms with Gasteiger partial charge in [0.2, 0.25) is 5.95 Å². The van der Waals surface area contributed by atoms with Crippen LogP contribution >= 0.6 is 0 Å². The fourth-order valence-electron chi connectivity index (χ4n) is 3.03. The monoisotopic (exact) mass is 359 g/mol. The fourth-order valence-corrected chi connectivity index (χ4v) is 3.03. The van der Waals surface area contributed by atoms with Crippen molar-refractivity contribution in [3.8, 4) is 11.1 Å². The molecule has 0 aliphatic heterocycles. The highest BCUT2D eigenvalue weighted by Gasteiger charge is 2.08. The molecule has 0 aliphatic carbocycles. The summed E-state index contributed by atoms with van der Waals surface area (Å²) in [7, 11) is 3.79. The zero-order chi connectivity index (χ0) is 18.8. The number of aryl methyl sites for hydroxylation is 2. The number of fused-ring (bicyclic) bond motifs is 1. The molecule has 136 valence electrons. The van der Waals surface area contributed by atoms with Crippen molar-refractivity contribution < 1.29 is 0 Å². The van der Waals surface area contributed by atoms with Crippen LogP contribution in [0.5, 0.6) is 0 Å². The first-order valence-corrected chi connectivity index (χ1v) is 8.85. The maximum atomic E-state index is 4.48. The van der Waals surface area contributed by atoms with Crippen LogP contribution in [0.15, 0.2) is 49.2 Å². The first-order valence-electron chi connectivity index (χ1n) is 8.85. The van der Waals surface area contributed by atoms with Gasteiger partial charge in [0.25, 0.3) is 0 Å². The maximum Gasteiger partial charge on any atom is 0.222 e. The summed E-state index contributed by atoms with van der Waals surface area (Å²) in [5, 5.41) is 6.37. The van der Waals surface area contributed by atoms with E-state index in [4.69, 9.17) is 0 Å². The Labute approximate surface area is 157 Å². The topological polar surface area (TPSA) is 80.6 Å². The minimum Gasteiger partial charge on any atom is -0.357 e. The van der Waals surface area contributed by atoms with Crippen LogP contribution in [0.1, 0.15) is 12.5 Å². The van der Waals surface area contributed by atoms with E-state index in [-0.39, 0.29) is 0 Å². The van der Waals surface area contributed by atoms with E-state index >= 15 is 0 Å². The van der Waals surface area contributed by atoms with E-state index in [0.29, 0.717) is 5.95 Å². The largest absolute Gasteiger partial charge is 0.357 e. The summed E-state index contributed by atoms with van der Waals surface area (Å²) in [4.78, 5) is 17.4. The third kappa shape index (κ3) is 3.31. The third-order valence-electron chi connectivity index (χ3n) is 4.57. The predicted octanol–water partition coefficient (Wildman–Crippen LogP) is 3.77. The normalized spacial score (nSPS) is 10.9. The van der Waals surface area contributed by atoms with Gasteiger partial charge in [0.05, 0.1) is 18.0 Å². The molecule has 0 atom stereocenters. The number of pyridine rings is 1. The van der Waals surface area contributed by atoms with Crippen molar-refractivity contribution in [3.05, 3.63) is 54.7 Å². The minimum atomic E-state index is 0.615. The summed E-state index contributed by atoms with van der Waals surface area (Å²) in [6, 6.07) is 8.33. The number of hydrogen-bond donors (Lipinski definition) is 2. The Hall–Kier alpha value is -3.48. The number of aromatic nitrogens is 5. The van der Waals surface area contributed by atoms with Gasteiger partial charge in [0.1, 0.15) is 11.3 Å². The zero-order valence-electron chi connectivity index (χ0n) is 15.6. The van der Waals surface area contributed by atoms with Crippen LogP contribution in [0.2, 0.25) is 0 Å². The van der Waals surface area contributed by atoms with Crippen LogP contribution in [0, 0.1) is 0 Å². The van der Waals surface area contributed by atoms with Crippen LogP contribution in [-0.2, 0) is 13.5 Å². The molecule has 1 aromatic carbocycles. The van der Waals surface area contributed by atoms with Crippen molar-refractivity contribution in [2.75, 3.05) is 17.7 Å². The average molecular weight is 359 g/mol. The number of nitrogens with zero attached hydrogens (tertiary/aromatic N) is 5. The number of imidazole rings is 1. The standard InChI is InChI=1S/C20H21N7/c1-4-13-7-14(15-9-23-20(21-2)24-10-15)5-6-16(13)26-19-8-18-17(11-22-19)25-12-27(18)3/h5-12H,4H2,1-3H3,(H,22,26)(H,21,23,24). The Morgan fingerprint density at radius 1 is 0.963 bits per heavy atom. The lowest BCUT2D eigenvalue weighted by molar-refractivity contribution is 0.947. The Balaban J connectivity index is 1.64. The molecule has 0 amide bonds. The molecule has 3 heterocycles. The summed E-state index contributed by atoms with van der Waals surface area (Å²) in [6.07, 6.45) is 8.15. The number of benzene rings is 1. The van der Waals surface area contributed by atoms with E-state index in [1.807, 2.05) is 37.1 Å². The van der Waals surface area contributed by atoms with Gasteiger partial charge in [0, 0.05) is 43.8 Å². The average Bonchev–Trinajstić information content (AvgIpc) is 3.09. The number of rotatable bonds is 5. The molecule has 0 unspecified atom stereocenters. The van der Waals surface area contributed by atoms with Crippen LogP contribution in [0.3, 0.4) is 0 Å². The molecule has 0 spiro atoms. The molecule has 4 aromatic rings. The van der Waals surface area contributed by atoms with E-state index in [9.17, 15) is 0 Å². The molecule has 7 nitrogen and oxygen atoms in total. The van der Waals surface area contributed by atoms with Crippen molar-refractivity contribution >= 4 is 28.5 Å². The second-order valence-electron chi connectivity index (χ2n) is 6.31. The molecule has 27 heavy (non-hydrogen) atoms. The third-order valence-corrected chi connectivity index (χ3v) is 4.57. The lowest BCUT2D eigenvalue weighted by atomic mass is 10.0. The van der Waals surface area contributed by atoms with Crippen LogP contribution < -0.4 is 10.6 Å². The van der Waals surface area contributed by atoms with Crippen molar-refractivity contribution in [1.29, 1.82) is 0 Å². The highest BCUT2D eigenvalue weighted by molar-refractivity contribution is 5.79. The van der Waals surface area contributed by atoms with Crippen molar-refractivity contribution in [1.82, 2.24) is 24.5 Å². The van der Waals surface area contributed by atoms with Gasteiger partial charge in [-0.15, -0.1) is 0 Å². The van der Waals surface area contributed by atoms with Gasteiger partial charge in [-0.05, 0) is 29.7 Å². The predicted molar refractivity (Wildman–Crippen MR) is 108 cm³/mol. The molecule has 0 aliphatic rings. The van der Waals surface area contributed by atoms with E-state index in [2.05, 4.69) is 55.7 Å². The van der Waals surface area contributed by atoms with E-state index in [1.165, 1.54) is 5.56 Å².